The molecule has 0 bridgehead atoms. The van der Waals surface area contributed by atoms with Gasteiger partial charge in [-0.15, -0.1) is 0 Å². The number of ether oxygens (including phenoxy) is 1. The zero-order chi connectivity index (χ0) is 24.6. The number of carbonyl (C=O) groups excluding carboxylic acids is 2. The van der Waals surface area contributed by atoms with Gasteiger partial charge in [-0.1, -0.05) is 38.3 Å². The van der Waals surface area contributed by atoms with Crippen molar-refractivity contribution in [2.24, 2.45) is 5.73 Å². The molecule has 0 radical (unpaired) electrons. The van der Waals surface area contributed by atoms with Gasteiger partial charge in [-0.25, -0.2) is 4.79 Å². The quantitative estimate of drug-likeness (QED) is 0.174. The van der Waals surface area contributed by atoms with Gasteiger partial charge < -0.3 is 36.2 Å². The van der Waals surface area contributed by atoms with Crippen molar-refractivity contribution in [2.75, 3.05) is 39.4 Å². The van der Waals surface area contributed by atoms with Crippen LogP contribution < -0.4 is 11.1 Å². The van der Waals surface area contributed by atoms with Crippen molar-refractivity contribution < 1.29 is 34.8 Å². The number of nitrogens with zero attached hydrogens (tertiary/aromatic N) is 1. The number of hydrogen-bond acceptors (Lipinski definition) is 8. The van der Waals surface area contributed by atoms with Crippen molar-refractivity contribution in [3.63, 3.8) is 0 Å². The van der Waals surface area contributed by atoms with E-state index in [1.165, 1.54) is 0 Å². The van der Waals surface area contributed by atoms with E-state index in [0.717, 1.165) is 31.2 Å². The van der Waals surface area contributed by atoms with Crippen LogP contribution in [0.25, 0.3) is 0 Å². The predicted molar refractivity (Wildman–Crippen MR) is 124 cm³/mol. The number of nitrogens with two attached hydrogens (primary N) is 1. The summed E-state index contributed by atoms with van der Waals surface area (Å²) in [6.45, 7) is 3.24. The fourth-order valence-electron chi connectivity index (χ4n) is 3.32. The Balaban J connectivity index is 2.54. The molecule has 2 amide bonds. The Labute approximate surface area is 195 Å². The molecule has 33 heavy (non-hydrogen) atoms. The van der Waals surface area contributed by atoms with Gasteiger partial charge in [0.25, 0.3) is 5.91 Å². The highest BCUT2D eigenvalue weighted by Gasteiger charge is 2.25. The summed E-state index contributed by atoms with van der Waals surface area (Å²) in [5.74, 6) is -0.239. The third-order valence-electron chi connectivity index (χ3n) is 5.31. The molecule has 0 spiro atoms. The van der Waals surface area contributed by atoms with Gasteiger partial charge in [-0.2, -0.15) is 0 Å². The van der Waals surface area contributed by atoms with E-state index in [9.17, 15) is 24.9 Å². The van der Waals surface area contributed by atoms with Crippen LogP contribution in [0.3, 0.4) is 0 Å². The highest BCUT2D eigenvalue weighted by atomic mass is 16.5. The van der Waals surface area contributed by atoms with Crippen molar-refractivity contribution >= 4 is 12.0 Å². The first-order valence-corrected chi connectivity index (χ1v) is 11.4. The van der Waals surface area contributed by atoms with E-state index in [4.69, 9.17) is 15.6 Å². The lowest BCUT2D eigenvalue weighted by Gasteiger charge is -2.29. The maximum Gasteiger partial charge on any atom is 0.404 e. The van der Waals surface area contributed by atoms with E-state index in [-0.39, 0.29) is 19.1 Å². The van der Waals surface area contributed by atoms with Crippen LogP contribution in [-0.4, -0.2) is 95.0 Å². The lowest BCUT2D eigenvalue weighted by molar-refractivity contribution is -0.0840. The number of amides is 2. The smallest absolute Gasteiger partial charge is 0.404 e. The average molecular weight is 470 g/mol. The molecule has 188 valence electrons. The Morgan fingerprint density at radius 2 is 1.76 bits per heavy atom. The molecule has 1 rings (SSSR count). The van der Waals surface area contributed by atoms with E-state index >= 15 is 0 Å². The number of primary amides is 1. The summed E-state index contributed by atoms with van der Waals surface area (Å²) in [6.07, 6.45) is -0.265. The molecule has 3 atom stereocenters. The van der Waals surface area contributed by atoms with Crippen LogP contribution in [0.2, 0.25) is 0 Å². The third-order valence-corrected chi connectivity index (χ3v) is 5.31. The van der Waals surface area contributed by atoms with Gasteiger partial charge in [0.2, 0.25) is 0 Å². The second-order valence-electron chi connectivity index (χ2n) is 8.04. The minimum Gasteiger partial charge on any atom is -0.449 e. The first kappa shape index (κ1) is 28.8. The van der Waals surface area contributed by atoms with Crippen molar-refractivity contribution in [1.82, 2.24) is 10.2 Å². The van der Waals surface area contributed by atoms with Crippen molar-refractivity contribution in [1.29, 1.82) is 0 Å². The summed E-state index contributed by atoms with van der Waals surface area (Å²) in [6, 6.07) is 6.94. The van der Waals surface area contributed by atoms with Gasteiger partial charge in [0.15, 0.2) is 0 Å². The predicted octanol–water partition coefficient (Wildman–Crippen LogP) is 0.0115. The van der Waals surface area contributed by atoms with Gasteiger partial charge in [-0.05, 0) is 30.7 Å². The van der Waals surface area contributed by atoms with Crippen LogP contribution in [0, 0.1) is 0 Å². The number of unbranched alkanes of at least 4 members (excludes halogenated alkanes) is 3. The average Bonchev–Trinajstić information content (AvgIpc) is 2.80. The molecule has 0 unspecified atom stereocenters. The molecule has 0 aliphatic heterocycles. The van der Waals surface area contributed by atoms with Crippen LogP contribution in [-0.2, 0) is 11.2 Å². The fourth-order valence-corrected chi connectivity index (χ4v) is 3.32. The van der Waals surface area contributed by atoms with Gasteiger partial charge in [0, 0.05) is 31.6 Å². The molecule has 0 aliphatic rings. The SMILES string of the molecule is CCCCCCN(CCNC(=O)c1ccc(CCOC(N)=O)cc1)C[C@H](O)[C@@H](O)[C@H](O)CO. The number of aliphatic hydroxyl groups is 4. The summed E-state index contributed by atoms with van der Waals surface area (Å²) in [5, 5.41) is 41.5. The Hall–Kier alpha value is -2.24. The third kappa shape index (κ3) is 12.0. The zero-order valence-corrected chi connectivity index (χ0v) is 19.4. The molecule has 0 heterocycles. The fraction of sp³-hybridized carbons (Fsp3) is 0.652. The zero-order valence-electron chi connectivity index (χ0n) is 19.4. The van der Waals surface area contributed by atoms with Crippen molar-refractivity contribution in [3.8, 4) is 0 Å². The van der Waals surface area contributed by atoms with E-state index in [1.54, 1.807) is 24.3 Å². The number of hydrogen-bond donors (Lipinski definition) is 6. The first-order valence-electron chi connectivity index (χ1n) is 11.4. The molecular weight excluding hydrogens is 430 g/mol. The minimum absolute atomic E-state index is 0.113. The lowest BCUT2D eigenvalue weighted by atomic mass is 10.1. The number of aliphatic hydroxyl groups excluding tert-OH is 4. The Morgan fingerprint density at radius 1 is 1.06 bits per heavy atom. The number of carbonyl (C=O) groups is 2. The molecule has 0 fully saturated rings. The molecule has 10 nitrogen and oxygen atoms in total. The standard InChI is InChI=1S/C23H39N3O7/c1-2-3-4-5-12-26(15-19(28)21(30)20(29)16-27)13-11-25-22(31)18-8-6-17(7-9-18)10-14-33-23(24)32/h6-9,19-21,27-30H,2-5,10-16H2,1H3,(H2,24,32)(H,25,31)/t19-,20+,21+/m0/s1. The van der Waals surface area contributed by atoms with Crippen molar-refractivity contribution in [3.05, 3.63) is 35.4 Å². The Kier molecular flexibility index (Phi) is 14.3. The lowest BCUT2D eigenvalue weighted by Crippen LogP contribution is -2.47. The highest BCUT2D eigenvalue weighted by molar-refractivity contribution is 5.94. The molecule has 10 heteroatoms. The van der Waals surface area contributed by atoms with E-state index in [2.05, 4.69) is 12.2 Å². The largest absolute Gasteiger partial charge is 0.449 e. The Morgan fingerprint density at radius 3 is 2.36 bits per heavy atom. The topological polar surface area (TPSA) is 166 Å². The molecular formula is C23H39N3O7. The molecule has 7 N–H and O–H groups in total. The summed E-state index contributed by atoms with van der Waals surface area (Å²) in [7, 11) is 0. The van der Waals surface area contributed by atoms with Gasteiger partial charge in [0.1, 0.15) is 12.2 Å². The maximum atomic E-state index is 12.4. The van der Waals surface area contributed by atoms with Crippen LogP contribution in [0.4, 0.5) is 4.79 Å². The number of nitrogens with one attached hydrogen (secondary N) is 1. The molecule has 0 aromatic heterocycles. The van der Waals surface area contributed by atoms with E-state index in [0.29, 0.717) is 31.6 Å². The molecule has 0 saturated heterocycles. The molecule has 0 aliphatic carbocycles. The van der Waals surface area contributed by atoms with Gasteiger partial charge in [0.05, 0.1) is 19.3 Å². The summed E-state index contributed by atoms with van der Waals surface area (Å²) in [5.41, 5.74) is 6.32. The summed E-state index contributed by atoms with van der Waals surface area (Å²) >= 11 is 0. The molecule has 1 aromatic carbocycles. The van der Waals surface area contributed by atoms with Crippen LogP contribution in [0.5, 0.6) is 0 Å². The van der Waals surface area contributed by atoms with Crippen LogP contribution >= 0.6 is 0 Å². The second-order valence-corrected chi connectivity index (χ2v) is 8.04. The monoisotopic (exact) mass is 469 g/mol. The van der Waals surface area contributed by atoms with E-state index in [1.807, 2.05) is 4.90 Å². The second kappa shape index (κ2) is 16.4. The van der Waals surface area contributed by atoms with Crippen LogP contribution in [0.1, 0.15) is 48.5 Å². The first-order chi connectivity index (χ1) is 15.8. The van der Waals surface area contributed by atoms with E-state index < -0.39 is 31.0 Å². The van der Waals surface area contributed by atoms with Crippen LogP contribution in [0.15, 0.2) is 24.3 Å². The number of benzene rings is 1. The van der Waals surface area contributed by atoms with Crippen molar-refractivity contribution in [2.45, 2.75) is 57.3 Å². The summed E-state index contributed by atoms with van der Waals surface area (Å²) < 4.78 is 4.70. The maximum absolute atomic E-state index is 12.4. The minimum atomic E-state index is -1.45. The molecule has 1 aromatic rings. The van der Waals surface area contributed by atoms with Gasteiger partial charge in [-0.3, -0.25) is 9.69 Å². The van der Waals surface area contributed by atoms with Gasteiger partial charge >= 0.3 is 6.09 Å². The normalized spacial score (nSPS) is 14.0. The molecule has 0 saturated carbocycles. The Bertz CT molecular complexity index is 687. The number of rotatable bonds is 17. The summed E-state index contributed by atoms with van der Waals surface area (Å²) in [4.78, 5) is 25.0. The highest BCUT2D eigenvalue weighted by Crippen LogP contribution is 2.08.